The monoisotopic (exact) mass is 399 g/mol. The topological polar surface area (TPSA) is 65.8 Å². The highest BCUT2D eigenvalue weighted by Crippen LogP contribution is 2.33. The minimum atomic E-state index is -0.0147. The van der Waals surface area contributed by atoms with Gasteiger partial charge in [-0.2, -0.15) is 0 Å². The third kappa shape index (κ3) is 4.31. The zero-order valence-electron chi connectivity index (χ0n) is 17.1. The van der Waals surface area contributed by atoms with Crippen molar-refractivity contribution in [3.8, 4) is 17.1 Å². The number of para-hydroxylation sites is 1. The van der Waals surface area contributed by atoms with Gasteiger partial charge in [0.15, 0.2) is 6.61 Å². The third-order valence-corrected chi connectivity index (χ3v) is 5.94. The molecule has 0 bridgehead atoms. The Kier molecular flexibility index (Phi) is 6.16. The molecule has 0 unspecified atom stereocenters. The van der Waals surface area contributed by atoms with Gasteiger partial charge in [0.2, 0.25) is 0 Å². The van der Waals surface area contributed by atoms with Crippen LogP contribution in [0, 0.1) is 5.92 Å². The van der Waals surface area contributed by atoms with Crippen LogP contribution in [0.25, 0.3) is 11.4 Å². The molecule has 0 spiro atoms. The van der Waals surface area contributed by atoms with Crippen LogP contribution in [0.5, 0.6) is 5.75 Å². The molecule has 0 aliphatic carbocycles. The number of aromatic nitrogens is 2. The second-order valence-corrected chi connectivity index (χ2v) is 7.89. The fraction of sp³-hybridized carbons (Fsp3) is 0.545. The Hall–Kier alpha value is -2.38. The number of rotatable bonds is 6. The lowest BCUT2D eigenvalue weighted by Crippen LogP contribution is -2.40. The van der Waals surface area contributed by atoms with Crippen LogP contribution in [0.1, 0.15) is 25.8 Å². The Morgan fingerprint density at radius 3 is 2.83 bits per heavy atom. The second kappa shape index (κ2) is 8.97. The number of amides is 1. The molecule has 3 heterocycles. The Morgan fingerprint density at radius 2 is 2.03 bits per heavy atom. The van der Waals surface area contributed by atoms with Gasteiger partial charge in [-0.15, -0.1) is 0 Å². The molecule has 2 aliphatic rings. The quantitative estimate of drug-likeness (QED) is 0.747. The van der Waals surface area contributed by atoms with Crippen LogP contribution in [-0.4, -0.2) is 66.5 Å². The van der Waals surface area contributed by atoms with Gasteiger partial charge in [0, 0.05) is 32.6 Å². The molecule has 2 aromatic rings. The van der Waals surface area contributed by atoms with Gasteiger partial charge in [-0.05, 0) is 30.9 Å². The molecular formula is C22H29N3O4. The number of methoxy groups -OCH3 is 1. The fourth-order valence-electron chi connectivity index (χ4n) is 4.06. The number of piperidine rings is 1. The van der Waals surface area contributed by atoms with E-state index < -0.39 is 0 Å². The first-order chi connectivity index (χ1) is 14.2. The third-order valence-electron chi connectivity index (χ3n) is 5.94. The van der Waals surface area contributed by atoms with Crippen LogP contribution in [0.4, 0.5) is 0 Å². The molecule has 156 valence electrons. The van der Waals surface area contributed by atoms with Crippen LogP contribution < -0.4 is 4.74 Å². The molecule has 1 aromatic heterocycles. The van der Waals surface area contributed by atoms with E-state index in [1.165, 1.54) is 0 Å². The molecule has 0 saturated carbocycles. The van der Waals surface area contributed by atoms with E-state index in [0.29, 0.717) is 24.9 Å². The Labute approximate surface area is 171 Å². The highest BCUT2D eigenvalue weighted by Gasteiger charge is 2.31. The van der Waals surface area contributed by atoms with Crippen LogP contribution in [0.15, 0.2) is 36.7 Å². The largest absolute Gasteiger partial charge is 0.483 e. The summed E-state index contributed by atoms with van der Waals surface area (Å²) in [7, 11) is 1.70. The number of ether oxygens (including phenoxy) is 3. The minimum absolute atomic E-state index is 0.0147. The van der Waals surface area contributed by atoms with Crippen LogP contribution in [-0.2, 0) is 14.3 Å². The van der Waals surface area contributed by atoms with Crippen LogP contribution >= 0.6 is 0 Å². The second-order valence-electron chi connectivity index (χ2n) is 7.89. The molecule has 2 fully saturated rings. The summed E-state index contributed by atoms with van der Waals surface area (Å²) in [4.78, 5) is 19.0. The number of benzene rings is 1. The van der Waals surface area contributed by atoms with Gasteiger partial charge in [0.05, 0.1) is 24.8 Å². The molecule has 29 heavy (non-hydrogen) atoms. The van der Waals surface area contributed by atoms with Gasteiger partial charge in [0.25, 0.3) is 5.91 Å². The zero-order valence-corrected chi connectivity index (χ0v) is 17.1. The van der Waals surface area contributed by atoms with Gasteiger partial charge < -0.3 is 23.7 Å². The summed E-state index contributed by atoms with van der Waals surface area (Å²) < 4.78 is 19.2. The van der Waals surface area contributed by atoms with Gasteiger partial charge in [-0.25, -0.2) is 4.98 Å². The Bertz CT molecular complexity index is 829. The number of carbonyl (C=O) groups is 1. The van der Waals surface area contributed by atoms with Crippen molar-refractivity contribution >= 4 is 5.91 Å². The average molecular weight is 399 g/mol. The van der Waals surface area contributed by atoms with Gasteiger partial charge >= 0.3 is 0 Å². The maximum absolute atomic E-state index is 12.6. The smallest absolute Gasteiger partial charge is 0.260 e. The predicted octanol–water partition coefficient (Wildman–Crippen LogP) is 2.77. The van der Waals surface area contributed by atoms with E-state index in [1.807, 2.05) is 35.4 Å². The summed E-state index contributed by atoms with van der Waals surface area (Å²) in [5, 5.41) is 0. The lowest BCUT2D eigenvalue weighted by molar-refractivity contribution is -0.134. The number of hydrogen-bond acceptors (Lipinski definition) is 5. The number of hydrogen-bond donors (Lipinski definition) is 0. The van der Waals surface area contributed by atoms with Crippen molar-refractivity contribution in [2.45, 2.75) is 31.9 Å². The van der Waals surface area contributed by atoms with Crippen LogP contribution in [0.3, 0.4) is 0 Å². The van der Waals surface area contributed by atoms with E-state index in [4.69, 9.17) is 14.2 Å². The minimum Gasteiger partial charge on any atom is -0.483 e. The van der Waals surface area contributed by atoms with E-state index in [1.54, 1.807) is 13.3 Å². The normalized spacial score (nSPS) is 22.8. The van der Waals surface area contributed by atoms with Gasteiger partial charge in [0.1, 0.15) is 17.7 Å². The lowest BCUT2D eigenvalue weighted by Gasteiger charge is -2.30. The molecule has 1 amide bonds. The highest BCUT2D eigenvalue weighted by atomic mass is 16.5. The molecule has 0 N–H and O–H groups in total. The van der Waals surface area contributed by atoms with Crippen molar-refractivity contribution in [3.05, 3.63) is 36.7 Å². The summed E-state index contributed by atoms with van der Waals surface area (Å²) in [5.74, 6) is 2.18. The van der Waals surface area contributed by atoms with Crippen molar-refractivity contribution in [1.82, 2.24) is 14.5 Å². The van der Waals surface area contributed by atoms with Gasteiger partial charge in [-0.3, -0.25) is 4.79 Å². The van der Waals surface area contributed by atoms with Crippen molar-refractivity contribution < 1.29 is 19.0 Å². The highest BCUT2D eigenvalue weighted by molar-refractivity contribution is 5.78. The number of imidazole rings is 1. The maximum atomic E-state index is 12.6. The first kappa shape index (κ1) is 19.9. The molecular weight excluding hydrogens is 370 g/mol. The van der Waals surface area contributed by atoms with Gasteiger partial charge in [-0.1, -0.05) is 19.1 Å². The van der Waals surface area contributed by atoms with Crippen molar-refractivity contribution in [2.24, 2.45) is 5.92 Å². The van der Waals surface area contributed by atoms with Crippen molar-refractivity contribution in [1.29, 1.82) is 0 Å². The molecule has 7 heteroatoms. The molecule has 2 aliphatic heterocycles. The number of likely N-dealkylation sites (tertiary alicyclic amines) is 1. The number of carbonyl (C=O) groups excluding carboxylic acids is 1. The summed E-state index contributed by atoms with van der Waals surface area (Å²) in [6.45, 7) is 5.06. The summed E-state index contributed by atoms with van der Waals surface area (Å²) in [6.07, 6.45) is 5.82. The standard InChI is InChI=1S/C22H29N3O4/c1-16-7-10-24(11-8-16)21(26)15-29-19-6-4-3-5-17(19)22-23-9-12-25(22)18-13-28-14-20(18)27-2/h3-6,9,12,16,18,20H,7-8,10-11,13-15H2,1-2H3/t18-,20-/m0/s1. The average Bonchev–Trinajstić information content (AvgIpc) is 3.41. The van der Waals surface area contributed by atoms with E-state index >= 15 is 0 Å². The van der Waals surface area contributed by atoms with Crippen molar-refractivity contribution in [3.63, 3.8) is 0 Å². The van der Waals surface area contributed by atoms with E-state index in [9.17, 15) is 4.79 Å². The fourth-order valence-corrected chi connectivity index (χ4v) is 4.06. The first-order valence-electron chi connectivity index (χ1n) is 10.3. The predicted molar refractivity (Wildman–Crippen MR) is 109 cm³/mol. The Balaban J connectivity index is 1.50. The van der Waals surface area contributed by atoms with E-state index in [0.717, 1.165) is 37.3 Å². The molecule has 7 nitrogen and oxygen atoms in total. The summed E-state index contributed by atoms with van der Waals surface area (Å²) >= 11 is 0. The molecule has 2 atom stereocenters. The van der Waals surface area contributed by atoms with E-state index in [2.05, 4.69) is 16.5 Å². The van der Waals surface area contributed by atoms with E-state index in [-0.39, 0.29) is 24.7 Å². The summed E-state index contributed by atoms with van der Waals surface area (Å²) in [6, 6.07) is 7.78. The molecule has 1 aromatic carbocycles. The lowest BCUT2D eigenvalue weighted by atomic mass is 9.99. The maximum Gasteiger partial charge on any atom is 0.260 e. The Morgan fingerprint density at radius 1 is 1.24 bits per heavy atom. The first-order valence-corrected chi connectivity index (χ1v) is 10.3. The SMILES string of the molecule is CO[C@H]1COC[C@@H]1n1ccnc1-c1ccccc1OCC(=O)N1CCC(C)CC1. The number of nitrogens with zero attached hydrogens (tertiary/aromatic N) is 3. The molecule has 2 saturated heterocycles. The van der Waals surface area contributed by atoms with Crippen LogP contribution in [0.2, 0.25) is 0 Å². The molecule has 4 rings (SSSR count). The van der Waals surface area contributed by atoms with Crippen molar-refractivity contribution in [2.75, 3.05) is 40.0 Å². The zero-order chi connectivity index (χ0) is 20.2. The molecule has 0 radical (unpaired) electrons. The summed E-state index contributed by atoms with van der Waals surface area (Å²) in [5.41, 5.74) is 0.860.